The summed E-state index contributed by atoms with van der Waals surface area (Å²) < 4.78 is 5.52. The van der Waals surface area contributed by atoms with Crippen LogP contribution in [-0.4, -0.2) is 67.4 Å². The fourth-order valence-electron chi connectivity index (χ4n) is 4.57. The molecule has 4 heterocycles. The quantitative estimate of drug-likeness (QED) is 0.726. The van der Waals surface area contributed by atoms with E-state index in [-0.39, 0.29) is 5.56 Å². The molecule has 0 amide bonds. The number of nitrogens with zero attached hydrogens (tertiary/aromatic N) is 5. The van der Waals surface area contributed by atoms with Crippen molar-refractivity contribution in [1.82, 2.24) is 15.0 Å². The van der Waals surface area contributed by atoms with Crippen LogP contribution in [0, 0.1) is 0 Å². The Kier molecular flexibility index (Phi) is 7.27. The predicted octanol–water partition coefficient (Wildman–Crippen LogP) is 3.16. The molecule has 2 saturated heterocycles. The summed E-state index contributed by atoms with van der Waals surface area (Å²) in [5.74, 6) is 2.38. The van der Waals surface area contributed by atoms with Gasteiger partial charge in [-0.05, 0) is 31.7 Å². The number of morpholine rings is 1. The van der Waals surface area contributed by atoms with Gasteiger partial charge >= 0.3 is 0 Å². The van der Waals surface area contributed by atoms with Gasteiger partial charge in [0.05, 0.1) is 18.6 Å². The molecule has 2 aromatic heterocycles. The number of hydrogen-bond acceptors (Lipinski definition) is 7. The Morgan fingerprint density at radius 1 is 0.968 bits per heavy atom. The van der Waals surface area contributed by atoms with E-state index in [0.29, 0.717) is 24.5 Å². The molecule has 0 spiro atoms. The number of aromatic amines is 1. The third kappa shape index (κ3) is 4.95. The van der Waals surface area contributed by atoms with Crippen LogP contribution in [0.25, 0.3) is 10.9 Å². The molecule has 8 nitrogen and oxygen atoms in total. The zero-order valence-electron chi connectivity index (χ0n) is 19.0. The van der Waals surface area contributed by atoms with Crippen LogP contribution in [0.1, 0.15) is 52.4 Å². The van der Waals surface area contributed by atoms with E-state index in [9.17, 15) is 4.79 Å². The normalized spacial score (nSPS) is 17.7. The highest BCUT2D eigenvalue weighted by Crippen LogP contribution is 2.29. The van der Waals surface area contributed by atoms with Crippen molar-refractivity contribution in [3.8, 4) is 0 Å². The highest BCUT2D eigenvalue weighted by molar-refractivity contribution is 5.91. The summed E-state index contributed by atoms with van der Waals surface area (Å²) >= 11 is 0. The van der Waals surface area contributed by atoms with E-state index in [1.807, 2.05) is 6.07 Å². The number of aromatic nitrogens is 3. The van der Waals surface area contributed by atoms with E-state index in [4.69, 9.17) is 14.7 Å². The lowest BCUT2D eigenvalue weighted by Crippen LogP contribution is -2.37. The monoisotopic (exact) mass is 428 g/mol. The van der Waals surface area contributed by atoms with E-state index in [1.165, 1.54) is 12.8 Å². The SMILES string of the molecule is CCCN(CCC)c1nc2c(N3CCCCCC3)nc(N3CCOCC3)cc2c(=O)[nH]1. The fourth-order valence-corrected chi connectivity index (χ4v) is 4.57. The predicted molar refractivity (Wildman–Crippen MR) is 127 cm³/mol. The van der Waals surface area contributed by atoms with Gasteiger partial charge in [-0.3, -0.25) is 9.78 Å². The molecular weight excluding hydrogens is 392 g/mol. The van der Waals surface area contributed by atoms with Crippen molar-refractivity contribution in [2.24, 2.45) is 0 Å². The Bertz CT molecular complexity index is 910. The molecule has 2 aliphatic rings. The van der Waals surface area contributed by atoms with Gasteiger partial charge in [-0.1, -0.05) is 26.7 Å². The van der Waals surface area contributed by atoms with Crippen molar-refractivity contribution >= 4 is 28.5 Å². The van der Waals surface area contributed by atoms with Gasteiger partial charge in [0.25, 0.3) is 5.56 Å². The maximum Gasteiger partial charge on any atom is 0.260 e. The molecule has 0 atom stereocenters. The summed E-state index contributed by atoms with van der Waals surface area (Å²) in [5.41, 5.74) is 0.653. The highest BCUT2D eigenvalue weighted by atomic mass is 16.5. The summed E-state index contributed by atoms with van der Waals surface area (Å²) in [6, 6.07) is 1.92. The lowest BCUT2D eigenvalue weighted by Gasteiger charge is -2.30. The Hall–Kier alpha value is -2.35. The molecule has 0 saturated carbocycles. The molecule has 0 aliphatic carbocycles. The second-order valence-electron chi connectivity index (χ2n) is 8.58. The number of rotatable bonds is 7. The molecule has 2 aromatic rings. The molecule has 8 heteroatoms. The summed E-state index contributed by atoms with van der Waals surface area (Å²) in [4.78, 5) is 33.1. The summed E-state index contributed by atoms with van der Waals surface area (Å²) in [6.07, 6.45) is 6.82. The van der Waals surface area contributed by atoms with Crippen LogP contribution in [0.2, 0.25) is 0 Å². The van der Waals surface area contributed by atoms with Crippen molar-refractivity contribution < 1.29 is 4.74 Å². The van der Waals surface area contributed by atoms with Crippen molar-refractivity contribution in [2.75, 3.05) is 67.2 Å². The topological polar surface area (TPSA) is 77.6 Å². The second kappa shape index (κ2) is 10.3. The lowest BCUT2D eigenvalue weighted by atomic mass is 10.2. The number of anilines is 3. The van der Waals surface area contributed by atoms with Gasteiger partial charge in [0, 0.05) is 39.3 Å². The Labute approximate surface area is 184 Å². The average Bonchev–Trinajstić information content (AvgIpc) is 3.08. The molecular formula is C23H36N6O2. The van der Waals surface area contributed by atoms with Crippen LogP contribution in [0.15, 0.2) is 10.9 Å². The second-order valence-corrected chi connectivity index (χ2v) is 8.58. The largest absolute Gasteiger partial charge is 0.378 e. The zero-order valence-corrected chi connectivity index (χ0v) is 19.0. The fraction of sp³-hybridized carbons (Fsp3) is 0.696. The zero-order chi connectivity index (χ0) is 21.6. The number of ether oxygens (including phenoxy) is 1. The minimum Gasteiger partial charge on any atom is -0.378 e. The van der Waals surface area contributed by atoms with Crippen molar-refractivity contribution in [3.05, 3.63) is 16.4 Å². The maximum absolute atomic E-state index is 13.2. The Balaban J connectivity index is 1.84. The van der Waals surface area contributed by atoms with Gasteiger partial charge in [0.1, 0.15) is 11.3 Å². The maximum atomic E-state index is 13.2. The average molecular weight is 429 g/mol. The van der Waals surface area contributed by atoms with Crippen molar-refractivity contribution in [1.29, 1.82) is 0 Å². The molecule has 0 bridgehead atoms. The van der Waals surface area contributed by atoms with E-state index in [2.05, 4.69) is 33.5 Å². The van der Waals surface area contributed by atoms with Gasteiger partial charge in [0.15, 0.2) is 5.82 Å². The smallest absolute Gasteiger partial charge is 0.260 e. The van der Waals surface area contributed by atoms with E-state index in [0.717, 1.165) is 82.1 Å². The number of fused-ring (bicyclic) bond motifs is 1. The molecule has 0 radical (unpaired) electrons. The lowest BCUT2D eigenvalue weighted by molar-refractivity contribution is 0.122. The van der Waals surface area contributed by atoms with E-state index < -0.39 is 0 Å². The standard InChI is InChI=1S/C23H36N6O2/c1-3-9-29(10-4-2)23-25-20-18(22(30)26-23)17-19(27-13-15-31-16-14-27)24-21(20)28-11-7-5-6-8-12-28/h17H,3-16H2,1-2H3,(H,25,26,30). The molecule has 31 heavy (non-hydrogen) atoms. The first-order valence-corrected chi connectivity index (χ1v) is 12.0. The molecule has 4 rings (SSSR count). The Morgan fingerprint density at radius 3 is 2.29 bits per heavy atom. The molecule has 2 aliphatic heterocycles. The van der Waals surface area contributed by atoms with Crippen molar-refractivity contribution in [3.63, 3.8) is 0 Å². The van der Waals surface area contributed by atoms with E-state index in [1.54, 1.807) is 0 Å². The first-order chi connectivity index (χ1) is 15.2. The first-order valence-electron chi connectivity index (χ1n) is 12.0. The minimum absolute atomic E-state index is 0.0785. The third-order valence-corrected chi connectivity index (χ3v) is 6.18. The first kappa shape index (κ1) is 21.9. The molecule has 170 valence electrons. The van der Waals surface area contributed by atoms with Gasteiger partial charge in [0.2, 0.25) is 5.95 Å². The van der Waals surface area contributed by atoms with Crippen LogP contribution >= 0.6 is 0 Å². The van der Waals surface area contributed by atoms with Crippen LogP contribution < -0.4 is 20.3 Å². The molecule has 1 N–H and O–H groups in total. The summed E-state index contributed by atoms with van der Waals surface area (Å²) in [7, 11) is 0. The van der Waals surface area contributed by atoms with Gasteiger partial charge in [-0.15, -0.1) is 0 Å². The molecule has 2 fully saturated rings. The number of H-pyrrole nitrogens is 1. The van der Waals surface area contributed by atoms with Gasteiger partial charge in [-0.2, -0.15) is 0 Å². The van der Waals surface area contributed by atoms with Crippen molar-refractivity contribution in [2.45, 2.75) is 52.4 Å². The highest BCUT2D eigenvalue weighted by Gasteiger charge is 2.22. The molecule has 0 unspecified atom stereocenters. The van der Waals surface area contributed by atoms with Crippen LogP contribution in [0.4, 0.5) is 17.6 Å². The molecule has 0 aromatic carbocycles. The number of hydrogen-bond donors (Lipinski definition) is 1. The number of pyridine rings is 1. The van der Waals surface area contributed by atoms with Crippen LogP contribution in [0.5, 0.6) is 0 Å². The van der Waals surface area contributed by atoms with Gasteiger partial charge < -0.3 is 19.4 Å². The van der Waals surface area contributed by atoms with Crippen LogP contribution in [-0.2, 0) is 4.74 Å². The third-order valence-electron chi connectivity index (χ3n) is 6.18. The van der Waals surface area contributed by atoms with E-state index >= 15 is 0 Å². The summed E-state index contributed by atoms with van der Waals surface area (Å²) in [5, 5.41) is 0.632. The van der Waals surface area contributed by atoms with Gasteiger partial charge in [-0.25, -0.2) is 9.97 Å². The summed E-state index contributed by atoms with van der Waals surface area (Å²) in [6.45, 7) is 11.0. The minimum atomic E-state index is -0.0785. The number of nitrogens with one attached hydrogen (secondary N) is 1. The Morgan fingerprint density at radius 2 is 1.65 bits per heavy atom. The van der Waals surface area contributed by atoms with Crippen LogP contribution in [0.3, 0.4) is 0 Å².